The third-order valence-electron chi connectivity index (χ3n) is 4.36. The molecule has 2 N–H and O–H groups in total. The number of carboxylic acids is 1. The molecule has 1 aliphatic carbocycles. The van der Waals surface area contributed by atoms with E-state index in [0.717, 1.165) is 25.0 Å². The molecule has 2 heterocycles. The molecule has 22 heavy (non-hydrogen) atoms. The molecule has 7 heteroatoms. The van der Waals surface area contributed by atoms with Crippen LogP contribution in [0.25, 0.3) is 0 Å². The maximum absolute atomic E-state index is 12.4. The molecular weight excluding hydrogens is 302 g/mol. The Kier molecular flexibility index (Phi) is 4.33. The normalized spacial score (nSPS) is 24.7. The first-order valence-electron chi connectivity index (χ1n) is 7.80. The third kappa shape index (κ3) is 3.24. The van der Waals surface area contributed by atoms with Crippen molar-refractivity contribution in [3.8, 4) is 0 Å². The largest absolute Gasteiger partial charge is 0.481 e. The summed E-state index contributed by atoms with van der Waals surface area (Å²) in [6.07, 6.45) is 5.01. The van der Waals surface area contributed by atoms with Crippen molar-refractivity contribution in [1.82, 2.24) is 9.88 Å². The first-order valence-corrected chi connectivity index (χ1v) is 8.62. The number of thiazole rings is 1. The highest BCUT2D eigenvalue weighted by atomic mass is 32.1. The van der Waals surface area contributed by atoms with Gasteiger partial charge in [0.05, 0.1) is 11.6 Å². The number of aryl methyl sites for hydroxylation is 2. The van der Waals surface area contributed by atoms with Crippen LogP contribution in [0.4, 0.5) is 9.93 Å². The van der Waals surface area contributed by atoms with Crippen molar-refractivity contribution in [2.24, 2.45) is 11.8 Å². The number of likely N-dealkylation sites (tertiary alicyclic amines) is 1. The van der Waals surface area contributed by atoms with Gasteiger partial charge in [0.15, 0.2) is 5.13 Å². The number of aliphatic carboxylic acids is 1. The fourth-order valence-corrected chi connectivity index (χ4v) is 4.31. The number of nitrogens with one attached hydrogen (secondary N) is 1. The average molecular weight is 323 g/mol. The third-order valence-corrected chi connectivity index (χ3v) is 5.43. The number of urea groups is 1. The summed E-state index contributed by atoms with van der Waals surface area (Å²) in [7, 11) is 0. The van der Waals surface area contributed by atoms with E-state index in [0.29, 0.717) is 18.1 Å². The van der Waals surface area contributed by atoms with E-state index < -0.39 is 11.9 Å². The summed E-state index contributed by atoms with van der Waals surface area (Å²) in [5, 5.41) is 12.7. The van der Waals surface area contributed by atoms with Crippen LogP contribution in [0.15, 0.2) is 0 Å². The lowest BCUT2D eigenvalue weighted by atomic mass is 9.91. The van der Waals surface area contributed by atoms with E-state index >= 15 is 0 Å². The number of carbonyl (C=O) groups excluding carboxylic acids is 1. The van der Waals surface area contributed by atoms with E-state index in [1.807, 2.05) is 6.92 Å². The minimum Gasteiger partial charge on any atom is -0.481 e. The van der Waals surface area contributed by atoms with Crippen molar-refractivity contribution in [1.29, 1.82) is 0 Å². The summed E-state index contributed by atoms with van der Waals surface area (Å²) in [5.41, 5.74) is 1.11. The molecular formula is C15H21N3O3S. The highest BCUT2D eigenvalue weighted by molar-refractivity contribution is 7.15. The van der Waals surface area contributed by atoms with Crippen molar-refractivity contribution in [2.75, 3.05) is 18.4 Å². The lowest BCUT2D eigenvalue weighted by Crippen LogP contribution is -2.47. The summed E-state index contributed by atoms with van der Waals surface area (Å²) in [6, 6.07) is -0.233. The second-order valence-electron chi connectivity index (χ2n) is 6.31. The predicted molar refractivity (Wildman–Crippen MR) is 84.3 cm³/mol. The number of carboxylic acid groups (broad SMARTS) is 1. The molecule has 6 nitrogen and oxygen atoms in total. The number of aromatic nitrogens is 1. The average Bonchev–Trinajstić information content (AvgIpc) is 2.88. The van der Waals surface area contributed by atoms with Gasteiger partial charge in [-0.2, -0.15) is 0 Å². The molecule has 1 aromatic rings. The van der Waals surface area contributed by atoms with Crippen LogP contribution in [0.5, 0.6) is 0 Å². The van der Waals surface area contributed by atoms with Crippen LogP contribution in [-0.4, -0.2) is 40.1 Å². The number of nitrogens with zero attached hydrogens (tertiary/aromatic N) is 2. The second-order valence-corrected chi connectivity index (χ2v) is 7.39. The Morgan fingerprint density at radius 2 is 2.09 bits per heavy atom. The fourth-order valence-electron chi connectivity index (χ4n) is 3.27. The first kappa shape index (κ1) is 15.3. The summed E-state index contributed by atoms with van der Waals surface area (Å²) >= 11 is 1.55. The van der Waals surface area contributed by atoms with Crippen LogP contribution in [0.1, 0.15) is 36.8 Å². The summed E-state index contributed by atoms with van der Waals surface area (Å²) in [6.45, 7) is 2.86. The van der Waals surface area contributed by atoms with Gasteiger partial charge in [-0.25, -0.2) is 9.78 Å². The number of piperidine rings is 1. The molecule has 120 valence electrons. The number of amides is 2. The monoisotopic (exact) mass is 323 g/mol. The predicted octanol–water partition coefficient (Wildman–Crippen LogP) is 2.60. The Morgan fingerprint density at radius 3 is 2.82 bits per heavy atom. The van der Waals surface area contributed by atoms with Crippen LogP contribution in [-0.2, 0) is 17.6 Å². The van der Waals surface area contributed by atoms with Crippen LogP contribution in [0.2, 0.25) is 0 Å². The van der Waals surface area contributed by atoms with Crippen LogP contribution < -0.4 is 5.32 Å². The lowest BCUT2D eigenvalue weighted by Gasteiger charge is -2.34. The molecule has 3 rings (SSSR count). The summed E-state index contributed by atoms with van der Waals surface area (Å²) in [4.78, 5) is 31.0. The zero-order valence-corrected chi connectivity index (χ0v) is 13.5. The second kappa shape index (κ2) is 6.24. The molecule has 1 aromatic heterocycles. The molecule has 2 unspecified atom stereocenters. The van der Waals surface area contributed by atoms with Gasteiger partial charge >= 0.3 is 12.0 Å². The quantitative estimate of drug-likeness (QED) is 0.876. The Bertz CT molecular complexity index is 563. The van der Waals surface area contributed by atoms with E-state index in [9.17, 15) is 14.7 Å². The minimum atomic E-state index is -0.825. The highest BCUT2D eigenvalue weighted by Crippen LogP contribution is 2.30. The Labute approximate surface area is 133 Å². The fraction of sp³-hybridized carbons (Fsp3) is 0.667. The van der Waals surface area contributed by atoms with Gasteiger partial charge in [0.25, 0.3) is 0 Å². The van der Waals surface area contributed by atoms with E-state index in [-0.39, 0.29) is 18.5 Å². The number of fused-ring (bicyclic) bond motifs is 1. The zero-order chi connectivity index (χ0) is 15.7. The zero-order valence-electron chi connectivity index (χ0n) is 12.7. The van der Waals surface area contributed by atoms with Gasteiger partial charge in [-0.05, 0) is 38.0 Å². The molecule has 2 amide bonds. The van der Waals surface area contributed by atoms with Crippen LogP contribution in [0.3, 0.4) is 0 Å². The molecule has 0 aromatic carbocycles. The standard InChI is InChI=1S/C15H21N3O3S/c1-9-6-10(13(19)20)8-18(7-9)15(21)17-14-16-11-4-2-3-5-12(11)22-14/h9-10H,2-8H2,1H3,(H,19,20)(H,16,17,21). The van der Waals surface area contributed by atoms with E-state index in [1.54, 1.807) is 16.2 Å². The number of hydrogen-bond donors (Lipinski definition) is 2. The molecule has 0 bridgehead atoms. The maximum Gasteiger partial charge on any atom is 0.323 e. The Hall–Kier alpha value is -1.63. The molecule has 1 fully saturated rings. The van der Waals surface area contributed by atoms with Gasteiger partial charge in [0.2, 0.25) is 0 Å². The smallest absolute Gasteiger partial charge is 0.323 e. The van der Waals surface area contributed by atoms with Gasteiger partial charge in [-0.3, -0.25) is 10.1 Å². The number of anilines is 1. The van der Waals surface area contributed by atoms with Crippen molar-refractivity contribution in [3.63, 3.8) is 0 Å². The van der Waals surface area contributed by atoms with E-state index in [2.05, 4.69) is 10.3 Å². The molecule has 0 saturated carbocycles. The molecule has 0 spiro atoms. The Balaban J connectivity index is 1.66. The van der Waals surface area contributed by atoms with Crippen molar-refractivity contribution in [3.05, 3.63) is 10.6 Å². The lowest BCUT2D eigenvalue weighted by molar-refractivity contribution is -0.143. The van der Waals surface area contributed by atoms with E-state index in [1.165, 1.54) is 11.3 Å². The van der Waals surface area contributed by atoms with Gasteiger partial charge in [0.1, 0.15) is 0 Å². The number of rotatable bonds is 2. The highest BCUT2D eigenvalue weighted by Gasteiger charge is 2.32. The number of hydrogen-bond acceptors (Lipinski definition) is 4. The summed E-state index contributed by atoms with van der Waals surface area (Å²) in [5.74, 6) is -1.10. The number of carbonyl (C=O) groups is 2. The van der Waals surface area contributed by atoms with Gasteiger partial charge in [-0.15, -0.1) is 11.3 Å². The SMILES string of the molecule is CC1CC(C(=O)O)CN(C(=O)Nc2nc3c(s2)CCCC3)C1. The van der Waals surface area contributed by atoms with Crippen LogP contribution in [0, 0.1) is 11.8 Å². The molecule has 2 aliphatic rings. The molecule has 1 aliphatic heterocycles. The van der Waals surface area contributed by atoms with Crippen molar-refractivity contribution >= 4 is 28.5 Å². The van der Waals surface area contributed by atoms with E-state index in [4.69, 9.17) is 0 Å². The summed E-state index contributed by atoms with van der Waals surface area (Å²) < 4.78 is 0. The van der Waals surface area contributed by atoms with Gasteiger partial charge in [0, 0.05) is 18.0 Å². The molecule has 1 saturated heterocycles. The van der Waals surface area contributed by atoms with Crippen molar-refractivity contribution < 1.29 is 14.7 Å². The minimum absolute atomic E-state index is 0.199. The van der Waals surface area contributed by atoms with Crippen molar-refractivity contribution in [2.45, 2.75) is 39.0 Å². The molecule has 0 radical (unpaired) electrons. The maximum atomic E-state index is 12.4. The first-order chi connectivity index (χ1) is 10.5. The van der Waals surface area contributed by atoms with Gasteiger partial charge in [-0.1, -0.05) is 6.92 Å². The topological polar surface area (TPSA) is 82.5 Å². The molecule has 2 atom stereocenters. The van der Waals surface area contributed by atoms with Gasteiger partial charge < -0.3 is 10.0 Å². The van der Waals surface area contributed by atoms with Crippen LogP contribution >= 0.6 is 11.3 Å². The Morgan fingerprint density at radius 1 is 1.32 bits per heavy atom.